The third kappa shape index (κ3) is 2.54. The maximum absolute atomic E-state index is 13.4. The quantitative estimate of drug-likeness (QED) is 0.861. The molecule has 102 valence electrons. The fourth-order valence-corrected chi connectivity index (χ4v) is 1.91. The fraction of sp³-hybridized carbons (Fsp3) is 0.200. The highest BCUT2D eigenvalue weighted by molar-refractivity contribution is 5.70. The predicted octanol–water partition coefficient (Wildman–Crippen LogP) is 2.83. The zero-order chi connectivity index (χ0) is 14.7. The molecule has 1 aromatic carbocycles. The molecule has 20 heavy (non-hydrogen) atoms. The molecule has 1 heterocycles. The first-order chi connectivity index (χ1) is 9.56. The lowest BCUT2D eigenvalue weighted by Gasteiger charge is -2.15. The summed E-state index contributed by atoms with van der Waals surface area (Å²) in [6.45, 7) is 0. The Bertz CT molecular complexity index is 677. The van der Waals surface area contributed by atoms with Crippen molar-refractivity contribution >= 4 is 5.82 Å². The maximum Gasteiger partial charge on any atom is 0.146 e. The summed E-state index contributed by atoms with van der Waals surface area (Å²) < 4.78 is 18.7. The minimum Gasteiger partial charge on any atom is -0.496 e. The number of halogens is 1. The van der Waals surface area contributed by atoms with Crippen LogP contribution in [-0.4, -0.2) is 26.2 Å². The van der Waals surface area contributed by atoms with E-state index < -0.39 is 0 Å². The van der Waals surface area contributed by atoms with Crippen LogP contribution in [0.3, 0.4) is 0 Å². The maximum atomic E-state index is 13.4. The van der Waals surface area contributed by atoms with E-state index in [4.69, 9.17) is 10.00 Å². The number of pyridine rings is 1. The highest BCUT2D eigenvalue weighted by atomic mass is 19.1. The van der Waals surface area contributed by atoms with Gasteiger partial charge in [-0.25, -0.2) is 9.37 Å². The molecule has 0 fully saturated rings. The number of aromatic nitrogens is 1. The average molecular weight is 271 g/mol. The van der Waals surface area contributed by atoms with Gasteiger partial charge in [0.1, 0.15) is 23.5 Å². The van der Waals surface area contributed by atoms with E-state index in [-0.39, 0.29) is 5.82 Å². The molecule has 0 aliphatic rings. The highest BCUT2D eigenvalue weighted by Crippen LogP contribution is 2.31. The summed E-state index contributed by atoms with van der Waals surface area (Å²) in [5, 5.41) is 9.07. The van der Waals surface area contributed by atoms with Crippen molar-refractivity contribution in [3.05, 3.63) is 41.7 Å². The second-order valence-electron chi connectivity index (χ2n) is 4.42. The molecule has 0 radical (unpaired) electrons. The number of anilines is 1. The van der Waals surface area contributed by atoms with Gasteiger partial charge in [0, 0.05) is 19.7 Å². The van der Waals surface area contributed by atoms with Gasteiger partial charge in [0.05, 0.1) is 18.4 Å². The van der Waals surface area contributed by atoms with Crippen molar-refractivity contribution in [3.63, 3.8) is 0 Å². The summed E-state index contributed by atoms with van der Waals surface area (Å²) in [6, 6.07) is 9.69. The van der Waals surface area contributed by atoms with Gasteiger partial charge in [-0.05, 0) is 30.3 Å². The molecule has 5 heteroatoms. The van der Waals surface area contributed by atoms with Gasteiger partial charge in [0.15, 0.2) is 0 Å². The summed E-state index contributed by atoms with van der Waals surface area (Å²) in [6.07, 6.45) is 0. The number of rotatable bonds is 3. The van der Waals surface area contributed by atoms with Crippen LogP contribution in [0.1, 0.15) is 5.56 Å². The van der Waals surface area contributed by atoms with E-state index in [9.17, 15) is 4.39 Å². The number of methoxy groups -OCH3 is 1. The van der Waals surface area contributed by atoms with Gasteiger partial charge >= 0.3 is 0 Å². The summed E-state index contributed by atoms with van der Waals surface area (Å²) in [5.41, 5.74) is 1.58. The Labute approximate surface area is 117 Å². The second-order valence-corrected chi connectivity index (χ2v) is 4.42. The lowest BCUT2D eigenvalue weighted by Crippen LogP contribution is -2.12. The smallest absolute Gasteiger partial charge is 0.146 e. The van der Waals surface area contributed by atoms with Crippen molar-refractivity contribution in [3.8, 4) is 23.1 Å². The van der Waals surface area contributed by atoms with Gasteiger partial charge in [-0.15, -0.1) is 0 Å². The number of benzene rings is 1. The van der Waals surface area contributed by atoms with Crippen molar-refractivity contribution in [2.24, 2.45) is 0 Å². The lowest BCUT2D eigenvalue weighted by molar-refractivity contribution is 0.415. The minimum atomic E-state index is -0.363. The number of hydrogen-bond acceptors (Lipinski definition) is 4. The molecule has 4 nitrogen and oxygen atoms in total. The minimum absolute atomic E-state index is 0.363. The third-order valence-electron chi connectivity index (χ3n) is 2.86. The van der Waals surface area contributed by atoms with E-state index in [0.717, 1.165) is 0 Å². The molecular formula is C15H14FN3O. The van der Waals surface area contributed by atoms with E-state index in [0.29, 0.717) is 28.4 Å². The van der Waals surface area contributed by atoms with E-state index in [1.54, 1.807) is 37.2 Å². The zero-order valence-corrected chi connectivity index (χ0v) is 11.5. The third-order valence-corrected chi connectivity index (χ3v) is 2.86. The predicted molar refractivity (Wildman–Crippen MR) is 75.2 cm³/mol. The topological polar surface area (TPSA) is 49.1 Å². The SMILES string of the molecule is COc1ccc(F)cc1-c1ccc(C#N)c(N(C)C)n1. The van der Waals surface area contributed by atoms with Gasteiger partial charge in [-0.2, -0.15) is 5.26 Å². The standard InChI is InChI=1S/C15H14FN3O/c1-19(2)15-10(9-17)4-6-13(18-15)12-8-11(16)5-7-14(12)20-3/h4-8H,1-3H3. The lowest BCUT2D eigenvalue weighted by atomic mass is 10.1. The molecule has 0 aliphatic heterocycles. The Morgan fingerprint density at radius 1 is 1.25 bits per heavy atom. The van der Waals surface area contributed by atoms with Gasteiger partial charge in [-0.1, -0.05) is 0 Å². The monoisotopic (exact) mass is 271 g/mol. The molecule has 0 N–H and O–H groups in total. The molecule has 0 aliphatic carbocycles. The number of ether oxygens (including phenoxy) is 1. The largest absolute Gasteiger partial charge is 0.496 e. The molecular weight excluding hydrogens is 257 g/mol. The highest BCUT2D eigenvalue weighted by Gasteiger charge is 2.13. The van der Waals surface area contributed by atoms with Crippen LogP contribution in [0.4, 0.5) is 10.2 Å². The summed E-state index contributed by atoms with van der Waals surface area (Å²) in [4.78, 5) is 6.16. The molecule has 2 rings (SSSR count). The van der Waals surface area contributed by atoms with Crippen molar-refractivity contribution in [1.29, 1.82) is 5.26 Å². The molecule has 0 saturated carbocycles. The van der Waals surface area contributed by atoms with Crippen molar-refractivity contribution in [2.75, 3.05) is 26.1 Å². The van der Waals surface area contributed by atoms with Crippen LogP contribution in [0.25, 0.3) is 11.3 Å². The first-order valence-corrected chi connectivity index (χ1v) is 5.99. The molecule has 0 amide bonds. The number of hydrogen-bond donors (Lipinski definition) is 0. The fourth-order valence-electron chi connectivity index (χ4n) is 1.91. The van der Waals surface area contributed by atoms with Crippen LogP contribution in [-0.2, 0) is 0 Å². The van der Waals surface area contributed by atoms with Gasteiger partial charge in [-0.3, -0.25) is 0 Å². The Morgan fingerprint density at radius 2 is 2.00 bits per heavy atom. The van der Waals surface area contributed by atoms with Crippen LogP contribution < -0.4 is 9.64 Å². The van der Waals surface area contributed by atoms with Gasteiger partial charge in [0.25, 0.3) is 0 Å². The van der Waals surface area contributed by atoms with Crippen molar-refractivity contribution < 1.29 is 9.13 Å². The summed E-state index contributed by atoms with van der Waals surface area (Å²) in [7, 11) is 5.12. The Hall–Kier alpha value is -2.61. The molecule has 0 spiro atoms. The molecule has 2 aromatic rings. The molecule has 0 atom stereocenters. The van der Waals surface area contributed by atoms with Crippen LogP contribution in [0, 0.1) is 17.1 Å². The molecule has 1 aromatic heterocycles. The van der Waals surface area contributed by atoms with E-state index in [1.807, 2.05) is 0 Å². The van der Waals surface area contributed by atoms with E-state index >= 15 is 0 Å². The summed E-state index contributed by atoms with van der Waals surface area (Å²) >= 11 is 0. The van der Waals surface area contributed by atoms with Crippen LogP contribution in [0.5, 0.6) is 5.75 Å². The summed E-state index contributed by atoms with van der Waals surface area (Å²) in [5.74, 6) is 0.711. The Balaban J connectivity index is 2.62. The van der Waals surface area contributed by atoms with Gasteiger partial charge < -0.3 is 9.64 Å². The van der Waals surface area contributed by atoms with E-state index in [1.165, 1.54) is 19.2 Å². The zero-order valence-electron chi connectivity index (χ0n) is 11.5. The van der Waals surface area contributed by atoms with Crippen LogP contribution in [0.2, 0.25) is 0 Å². The molecule has 0 bridgehead atoms. The van der Waals surface area contributed by atoms with E-state index in [2.05, 4.69) is 11.1 Å². The second kappa shape index (κ2) is 5.57. The average Bonchev–Trinajstić information content (AvgIpc) is 2.46. The normalized spacial score (nSPS) is 9.95. The number of nitrogens with zero attached hydrogens (tertiary/aromatic N) is 3. The van der Waals surface area contributed by atoms with Crippen LogP contribution in [0.15, 0.2) is 30.3 Å². The number of nitriles is 1. The first kappa shape index (κ1) is 13.8. The van der Waals surface area contributed by atoms with Crippen molar-refractivity contribution in [1.82, 2.24) is 4.98 Å². The Kier molecular flexibility index (Phi) is 3.85. The molecule has 0 unspecified atom stereocenters. The first-order valence-electron chi connectivity index (χ1n) is 5.99. The van der Waals surface area contributed by atoms with Crippen molar-refractivity contribution in [2.45, 2.75) is 0 Å². The molecule has 0 saturated heterocycles. The Morgan fingerprint density at radius 3 is 2.60 bits per heavy atom. The van der Waals surface area contributed by atoms with Crippen LogP contribution >= 0.6 is 0 Å². The van der Waals surface area contributed by atoms with Gasteiger partial charge in [0.2, 0.25) is 0 Å².